The van der Waals surface area contributed by atoms with Crippen LogP contribution < -0.4 is 25.6 Å². The lowest BCUT2D eigenvalue weighted by molar-refractivity contribution is 0.662. The topological polar surface area (TPSA) is 16.4 Å². The summed E-state index contributed by atoms with van der Waals surface area (Å²) in [6.07, 6.45) is 0. The summed E-state index contributed by atoms with van der Waals surface area (Å²) in [7, 11) is -2.75. The normalized spacial score (nSPS) is 13.8. The van der Waals surface area contributed by atoms with Crippen LogP contribution in [-0.2, 0) is 5.41 Å². The molecule has 1 aliphatic heterocycles. The van der Waals surface area contributed by atoms with Crippen LogP contribution in [0.25, 0.3) is 66.4 Å². The van der Waals surface area contributed by atoms with Crippen LogP contribution in [0.1, 0.15) is 25.0 Å². The van der Waals surface area contributed by atoms with Gasteiger partial charge in [-0.05, 0) is 125 Å². The lowest BCUT2D eigenvalue weighted by atomic mass is 9.79. The van der Waals surface area contributed by atoms with Crippen LogP contribution in [0.5, 0.6) is 0 Å². The van der Waals surface area contributed by atoms with Gasteiger partial charge in [-0.3, -0.25) is 0 Å². The van der Waals surface area contributed by atoms with Crippen LogP contribution >= 0.6 is 0 Å². The van der Waals surface area contributed by atoms with E-state index in [1.165, 1.54) is 70.8 Å². The highest BCUT2D eigenvalue weighted by atomic mass is 28.3. The first-order valence-electron chi connectivity index (χ1n) is 23.0. The summed E-state index contributed by atoms with van der Waals surface area (Å²) >= 11 is 0. The van der Waals surface area contributed by atoms with Crippen molar-refractivity contribution in [2.24, 2.45) is 0 Å². The minimum Gasteiger partial charge on any atom is -0.456 e. The SMILES string of the molecule is CC1(C)c2ccccc2-c2cccc(-c3ccc(N(c4cccc([Si]5(c6ccccc6)c6ccccc6-c6ccccc65)c4)c4ccc5c(c4)oc4cc(-c6ccccc6)ccc45)cc3)c21. The third-order valence-electron chi connectivity index (χ3n) is 14.5. The monoisotopic (exact) mass is 859 g/mol. The summed E-state index contributed by atoms with van der Waals surface area (Å²) in [5, 5.41) is 7.83. The zero-order valence-electron chi connectivity index (χ0n) is 36.9. The number of furan rings is 1. The fourth-order valence-corrected chi connectivity index (χ4v) is 16.8. The van der Waals surface area contributed by atoms with Crippen molar-refractivity contribution in [3.8, 4) is 44.5 Å². The molecule has 66 heavy (non-hydrogen) atoms. The molecule has 0 radical (unpaired) electrons. The van der Waals surface area contributed by atoms with E-state index in [2.05, 4.69) is 255 Å². The Labute approximate surface area is 386 Å². The van der Waals surface area contributed by atoms with Crippen LogP contribution in [-0.4, -0.2) is 8.07 Å². The largest absolute Gasteiger partial charge is 0.456 e. The molecule has 2 aliphatic rings. The standard InChI is InChI=1S/C63H45NOSi/c1-63(2)57-28-12-9-23-51(57)56-27-16-26-50(62(56)63)43-31-34-45(35-32-43)64(47-36-38-53-52-37-33-44(42-17-5-3-6-18-42)39-58(52)65-59(53)41-47)46-19-15-22-49(40-46)66(48-20-7-4-8-21-48)60-29-13-10-24-54(60)55-25-11-14-30-61(55)66/h3-41H,1-2H3. The van der Waals surface area contributed by atoms with Crippen molar-refractivity contribution < 1.29 is 4.42 Å². The third-order valence-corrected chi connectivity index (χ3v) is 19.4. The van der Waals surface area contributed by atoms with Gasteiger partial charge in [0, 0.05) is 39.3 Å². The van der Waals surface area contributed by atoms with E-state index in [0.717, 1.165) is 44.6 Å². The van der Waals surface area contributed by atoms with Gasteiger partial charge in [0.2, 0.25) is 0 Å². The molecule has 312 valence electrons. The predicted octanol–water partition coefficient (Wildman–Crippen LogP) is 14.1. The Bertz CT molecular complexity index is 3630. The highest BCUT2D eigenvalue weighted by Gasteiger charge is 2.48. The van der Waals surface area contributed by atoms with Crippen molar-refractivity contribution in [1.82, 2.24) is 0 Å². The molecule has 0 bridgehead atoms. The number of hydrogen-bond acceptors (Lipinski definition) is 2. The number of nitrogens with zero attached hydrogens (tertiary/aromatic N) is 1. The van der Waals surface area contributed by atoms with E-state index in [1.54, 1.807) is 0 Å². The fourth-order valence-electron chi connectivity index (χ4n) is 11.6. The number of anilines is 3. The highest BCUT2D eigenvalue weighted by Crippen LogP contribution is 2.52. The number of fused-ring (bicyclic) bond motifs is 9. The van der Waals surface area contributed by atoms with Gasteiger partial charge >= 0.3 is 0 Å². The maximum atomic E-state index is 6.78. The molecular formula is C63H45NOSi. The summed E-state index contributed by atoms with van der Waals surface area (Å²) in [4.78, 5) is 2.42. The highest BCUT2D eigenvalue weighted by molar-refractivity contribution is 7.22. The first kappa shape index (κ1) is 38.5. The van der Waals surface area contributed by atoms with Gasteiger partial charge in [-0.1, -0.05) is 196 Å². The third kappa shape index (κ3) is 5.66. The van der Waals surface area contributed by atoms with Gasteiger partial charge in [-0.25, -0.2) is 0 Å². The molecular weight excluding hydrogens is 815 g/mol. The zero-order valence-corrected chi connectivity index (χ0v) is 37.9. The van der Waals surface area contributed by atoms with Gasteiger partial charge < -0.3 is 9.32 Å². The first-order chi connectivity index (χ1) is 32.5. The van der Waals surface area contributed by atoms with Crippen molar-refractivity contribution in [2.75, 3.05) is 4.90 Å². The molecule has 0 unspecified atom stereocenters. The van der Waals surface area contributed by atoms with Crippen molar-refractivity contribution >= 4 is 67.8 Å². The Hall–Kier alpha value is -7.98. The minimum atomic E-state index is -2.75. The zero-order chi connectivity index (χ0) is 44.0. The average Bonchev–Trinajstić information content (AvgIpc) is 3.98. The number of benzene rings is 10. The van der Waals surface area contributed by atoms with E-state index in [0.29, 0.717) is 0 Å². The van der Waals surface area contributed by atoms with Crippen LogP contribution in [0.4, 0.5) is 17.1 Å². The Morgan fingerprint density at radius 1 is 0.364 bits per heavy atom. The van der Waals surface area contributed by atoms with Gasteiger partial charge in [0.05, 0.1) is 0 Å². The van der Waals surface area contributed by atoms with Crippen LogP contribution in [0.15, 0.2) is 241 Å². The molecule has 1 aromatic heterocycles. The van der Waals surface area contributed by atoms with Crippen molar-refractivity contribution in [2.45, 2.75) is 19.3 Å². The van der Waals surface area contributed by atoms with E-state index in [1.807, 2.05) is 0 Å². The summed E-state index contributed by atoms with van der Waals surface area (Å²) in [6, 6.07) is 87.7. The summed E-state index contributed by atoms with van der Waals surface area (Å²) < 4.78 is 6.78. The maximum absolute atomic E-state index is 6.78. The lowest BCUT2D eigenvalue weighted by Crippen LogP contribution is -2.72. The average molecular weight is 860 g/mol. The lowest BCUT2D eigenvalue weighted by Gasteiger charge is -2.33. The Morgan fingerprint density at radius 2 is 0.894 bits per heavy atom. The van der Waals surface area contributed by atoms with Crippen molar-refractivity contribution in [3.63, 3.8) is 0 Å². The minimum absolute atomic E-state index is 0.117. The fraction of sp³-hybridized carbons (Fsp3) is 0.0476. The second-order valence-corrected chi connectivity index (χ2v) is 22.1. The van der Waals surface area contributed by atoms with E-state index >= 15 is 0 Å². The first-order valence-corrected chi connectivity index (χ1v) is 25.0. The van der Waals surface area contributed by atoms with Crippen molar-refractivity contribution in [1.29, 1.82) is 0 Å². The van der Waals surface area contributed by atoms with Gasteiger partial charge in [0.1, 0.15) is 11.2 Å². The molecule has 2 nitrogen and oxygen atoms in total. The Balaban J connectivity index is 0.995. The molecule has 11 aromatic rings. The van der Waals surface area contributed by atoms with Crippen LogP contribution in [0, 0.1) is 0 Å². The van der Waals surface area contributed by atoms with Gasteiger partial charge in [-0.2, -0.15) is 0 Å². The molecule has 0 saturated carbocycles. The molecule has 0 fully saturated rings. The van der Waals surface area contributed by atoms with E-state index in [4.69, 9.17) is 4.42 Å². The summed E-state index contributed by atoms with van der Waals surface area (Å²) in [5.41, 5.74) is 17.8. The second kappa shape index (κ2) is 14.8. The number of hydrogen-bond donors (Lipinski definition) is 0. The smallest absolute Gasteiger partial charge is 0.180 e. The Morgan fingerprint density at radius 3 is 1.64 bits per heavy atom. The van der Waals surface area contributed by atoms with E-state index < -0.39 is 8.07 Å². The molecule has 0 saturated heterocycles. The van der Waals surface area contributed by atoms with E-state index in [9.17, 15) is 0 Å². The van der Waals surface area contributed by atoms with E-state index in [-0.39, 0.29) is 5.41 Å². The molecule has 0 N–H and O–H groups in total. The Kier molecular flexibility index (Phi) is 8.62. The van der Waals surface area contributed by atoms with Crippen molar-refractivity contribution in [3.05, 3.63) is 248 Å². The molecule has 3 heteroatoms. The molecule has 10 aromatic carbocycles. The maximum Gasteiger partial charge on any atom is 0.180 e. The van der Waals surface area contributed by atoms with Gasteiger partial charge in [0.25, 0.3) is 0 Å². The molecule has 0 spiro atoms. The second-order valence-electron chi connectivity index (χ2n) is 18.4. The quantitative estimate of drug-likeness (QED) is 0.148. The molecule has 1 aliphatic carbocycles. The molecule has 13 rings (SSSR count). The molecule has 2 heterocycles. The predicted molar refractivity (Wildman–Crippen MR) is 279 cm³/mol. The van der Waals surface area contributed by atoms with Gasteiger partial charge in [-0.15, -0.1) is 0 Å². The van der Waals surface area contributed by atoms with Gasteiger partial charge in [0.15, 0.2) is 8.07 Å². The summed E-state index contributed by atoms with van der Waals surface area (Å²) in [5.74, 6) is 0. The van der Waals surface area contributed by atoms with Crippen LogP contribution in [0.2, 0.25) is 0 Å². The summed E-state index contributed by atoms with van der Waals surface area (Å²) in [6.45, 7) is 4.74. The number of rotatable bonds is 7. The molecule has 0 amide bonds. The molecule has 0 atom stereocenters. The van der Waals surface area contributed by atoms with Crippen LogP contribution in [0.3, 0.4) is 0 Å².